The third-order valence-electron chi connectivity index (χ3n) is 3.96. The van der Waals surface area contributed by atoms with Crippen LogP contribution in [0.4, 0.5) is 0 Å². The molecule has 0 spiro atoms. The summed E-state index contributed by atoms with van der Waals surface area (Å²) in [6.45, 7) is 1.33. The van der Waals surface area contributed by atoms with Gasteiger partial charge in [0.25, 0.3) is 0 Å². The van der Waals surface area contributed by atoms with Crippen LogP contribution < -0.4 is 4.74 Å². The van der Waals surface area contributed by atoms with E-state index < -0.39 is 0 Å². The molecule has 26 heavy (non-hydrogen) atoms. The molecule has 6 nitrogen and oxygen atoms in total. The summed E-state index contributed by atoms with van der Waals surface area (Å²) in [6.07, 6.45) is 4.48. The molecular weight excluding hydrogens is 348 g/mol. The van der Waals surface area contributed by atoms with Gasteiger partial charge >= 0.3 is 0 Å². The van der Waals surface area contributed by atoms with E-state index in [9.17, 15) is 0 Å². The maximum Gasteiger partial charge on any atom is 0.191 e. The molecule has 3 rings (SSSR count). The molecule has 2 aromatic heterocycles. The zero-order chi connectivity index (χ0) is 18.2. The van der Waals surface area contributed by atoms with Crippen LogP contribution in [0.25, 0.3) is 11.4 Å². The Bertz CT molecular complexity index is 806. The number of pyridine rings is 1. The largest absolute Gasteiger partial charge is 0.497 e. The number of nitrogens with zero attached hydrogens (tertiary/aromatic N) is 4. The summed E-state index contributed by atoms with van der Waals surface area (Å²) in [4.78, 5) is 4.07. The fraction of sp³-hybridized carbons (Fsp3) is 0.316. The lowest BCUT2D eigenvalue weighted by atomic mass is 10.2. The first-order valence-electron chi connectivity index (χ1n) is 8.40. The van der Waals surface area contributed by atoms with Gasteiger partial charge in [0.2, 0.25) is 0 Å². The van der Waals surface area contributed by atoms with Crippen molar-refractivity contribution in [2.24, 2.45) is 0 Å². The number of aromatic nitrogens is 4. The molecule has 1 aromatic carbocycles. The number of aryl methyl sites for hydroxylation is 1. The molecule has 0 amide bonds. The van der Waals surface area contributed by atoms with Gasteiger partial charge in [0.15, 0.2) is 11.0 Å². The van der Waals surface area contributed by atoms with Crippen LogP contribution in [0.2, 0.25) is 0 Å². The molecule has 0 atom stereocenters. The van der Waals surface area contributed by atoms with Crippen LogP contribution in [0.1, 0.15) is 5.56 Å². The van der Waals surface area contributed by atoms with Crippen molar-refractivity contribution in [2.45, 2.75) is 18.1 Å². The van der Waals surface area contributed by atoms with Gasteiger partial charge in [-0.3, -0.25) is 9.55 Å². The summed E-state index contributed by atoms with van der Waals surface area (Å²) >= 11 is 1.70. The van der Waals surface area contributed by atoms with Gasteiger partial charge in [-0.25, -0.2) is 0 Å². The number of hydrogen-bond donors (Lipinski definition) is 0. The van der Waals surface area contributed by atoms with Crippen molar-refractivity contribution in [1.29, 1.82) is 0 Å². The molecule has 3 aromatic rings. The monoisotopic (exact) mass is 370 g/mol. The fourth-order valence-electron chi connectivity index (χ4n) is 2.55. The Morgan fingerprint density at radius 2 is 1.77 bits per heavy atom. The highest BCUT2D eigenvalue weighted by Gasteiger charge is 2.14. The lowest BCUT2D eigenvalue weighted by Gasteiger charge is -2.09. The second kappa shape index (κ2) is 9.35. The average Bonchev–Trinajstić information content (AvgIpc) is 3.10. The molecule has 0 aliphatic heterocycles. The van der Waals surface area contributed by atoms with Crippen molar-refractivity contribution in [1.82, 2.24) is 19.7 Å². The van der Waals surface area contributed by atoms with Crippen molar-refractivity contribution in [3.05, 3.63) is 54.4 Å². The standard InChI is InChI=1S/C19H22N4O2S/c1-24-13-12-23-18(16-7-10-20-11-8-16)21-22-19(23)26-14-9-15-3-5-17(25-2)6-4-15/h3-8,10-11H,9,12-14H2,1-2H3. The predicted octanol–water partition coefficient (Wildman–Crippen LogP) is 3.33. The van der Waals surface area contributed by atoms with E-state index in [4.69, 9.17) is 9.47 Å². The predicted molar refractivity (Wildman–Crippen MR) is 103 cm³/mol. The Balaban J connectivity index is 1.69. The van der Waals surface area contributed by atoms with Crippen LogP contribution in [-0.2, 0) is 17.7 Å². The van der Waals surface area contributed by atoms with Crippen molar-refractivity contribution >= 4 is 11.8 Å². The summed E-state index contributed by atoms with van der Waals surface area (Å²) in [5.41, 5.74) is 2.28. The molecule has 0 radical (unpaired) electrons. The molecule has 0 aliphatic carbocycles. The molecule has 7 heteroatoms. The van der Waals surface area contributed by atoms with E-state index in [1.54, 1.807) is 38.4 Å². The first-order chi connectivity index (χ1) is 12.8. The molecule has 0 fully saturated rings. The summed E-state index contributed by atoms with van der Waals surface area (Å²) in [5, 5.41) is 9.67. The third kappa shape index (κ3) is 4.62. The SMILES string of the molecule is COCCn1c(SCCc2ccc(OC)cc2)nnc1-c1ccncc1. The highest BCUT2D eigenvalue weighted by molar-refractivity contribution is 7.99. The Labute approximate surface area is 157 Å². The number of hydrogen-bond acceptors (Lipinski definition) is 6. The highest BCUT2D eigenvalue weighted by Crippen LogP contribution is 2.24. The Hall–Kier alpha value is -2.38. The van der Waals surface area contributed by atoms with Crippen molar-refractivity contribution in [2.75, 3.05) is 26.6 Å². The van der Waals surface area contributed by atoms with Gasteiger partial charge in [0.05, 0.1) is 20.3 Å². The van der Waals surface area contributed by atoms with E-state index in [0.717, 1.165) is 34.5 Å². The van der Waals surface area contributed by atoms with E-state index in [2.05, 4.69) is 31.9 Å². The van der Waals surface area contributed by atoms with E-state index in [1.807, 2.05) is 24.3 Å². The maximum absolute atomic E-state index is 5.25. The molecule has 0 bridgehead atoms. The van der Waals surface area contributed by atoms with Crippen molar-refractivity contribution < 1.29 is 9.47 Å². The minimum Gasteiger partial charge on any atom is -0.497 e. The Morgan fingerprint density at radius 3 is 2.46 bits per heavy atom. The number of ether oxygens (including phenoxy) is 2. The van der Waals surface area contributed by atoms with E-state index in [0.29, 0.717) is 13.2 Å². The smallest absolute Gasteiger partial charge is 0.191 e. The van der Waals surface area contributed by atoms with Crippen molar-refractivity contribution in [3.63, 3.8) is 0 Å². The van der Waals surface area contributed by atoms with Crippen LogP contribution in [0.3, 0.4) is 0 Å². The van der Waals surface area contributed by atoms with Gasteiger partial charge in [0, 0.05) is 30.8 Å². The Kier molecular flexibility index (Phi) is 6.62. The molecule has 2 heterocycles. The van der Waals surface area contributed by atoms with Gasteiger partial charge in [-0.15, -0.1) is 10.2 Å². The van der Waals surface area contributed by atoms with Gasteiger partial charge in [0.1, 0.15) is 5.75 Å². The second-order valence-electron chi connectivity index (χ2n) is 5.63. The molecule has 0 unspecified atom stereocenters. The highest BCUT2D eigenvalue weighted by atomic mass is 32.2. The minimum absolute atomic E-state index is 0.613. The lowest BCUT2D eigenvalue weighted by molar-refractivity contribution is 0.185. The molecule has 0 saturated carbocycles. The van der Waals surface area contributed by atoms with Crippen molar-refractivity contribution in [3.8, 4) is 17.1 Å². The zero-order valence-corrected chi connectivity index (χ0v) is 15.8. The quantitative estimate of drug-likeness (QED) is 0.539. The van der Waals surface area contributed by atoms with Crippen LogP contribution in [-0.4, -0.2) is 46.3 Å². The topological polar surface area (TPSA) is 62.1 Å². The lowest BCUT2D eigenvalue weighted by Crippen LogP contribution is -2.08. The average molecular weight is 370 g/mol. The first kappa shape index (κ1) is 18.4. The van der Waals surface area contributed by atoms with Crippen LogP contribution in [0, 0.1) is 0 Å². The molecule has 136 valence electrons. The zero-order valence-electron chi connectivity index (χ0n) is 15.0. The first-order valence-corrected chi connectivity index (χ1v) is 9.38. The number of rotatable bonds is 9. The second-order valence-corrected chi connectivity index (χ2v) is 6.70. The normalized spacial score (nSPS) is 10.8. The number of benzene rings is 1. The van der Waals surface area contributed by atoms with Crippen LogP contribution >= 0.6 is 11.8 Å². The Morgan fingerprint density at radius 1 is 1.00 bits per heavy atom. The third-order valence-corrected chi connectivity index (χ3v) is 4.92. The number of thioether (sulfide) groups is 1. The molecular formula is C19H22N4O2S. The summed E-state index contributed by atoms with van der Waals surface area (Å²) < 4.78 is 12.6. The molecule has 0 N–H and O–H groups in total. The van der Waals surface area contributed by atoms with E-state index in [-0.39, 0.29) is 0 Å². The van der Waals surface area contributed by atoms with Gasteiger partial charge in [-0.05, 0) is 36.2 Å². The summed E-state index contributed by atoms with van der Waals surface area (Å²) in [5.74, 6) is 2.65. The van der Waals surface area contributed by atoms with Gasteiger partial charge in [-0.1, -0.05) is 23.9 Å². The fourth-order valence-corrected chi connectivity index (χ4v) is 3.50. The van der Waals surface area contributed by atoms with Crippen LogP contribution in [0.15, 0.2) is 53.9 Å². The van der Waals surface area contributed by atoms with E-state index >= 15 is 0 Å². The summed E-state index contributed by atoms with van der Waals surface area (Å²) in [6, 6.07) is 12.1. The molecule has 0 saturated heterocycles. The molecule has 0 aliphatic rings. The van der Waals surface area contributed by atoms with Gasteiger partial charge < -0.3 is 9.47 Å². The van der Waals surface area contributed by atoms with Crippen LogP contribution in [0.5, 0.6) is 5.75 Å². The number of methoxy groups -OCH3 is 2. The van der Waals surface area contributed by atoms with Gasteiger partial charge in [-0.2, -0.15) is 0 Å². The van der Waals surface area contributed by atoms with E-state index in [1.165, 1.54) is 5.56 Å². The minimum atomic E-state index is 0.613. The summed E-state index contributed by atoms with van der Waals surface area (Å²) in [7, 11) is 3.38. The maximum atomic E-state index is 5.25.